The van der Waals surface area contributed by atoms with Crippen molar-refractivity contribution in [2.75, 3.05) is 5.32 Å². The van der Waals surface area contributed by atoms with Crippen molar-refractivity contribution in [2.45, 2.75) is 58.5 Å². The number of fused-ring (bicyclic) bond motifs is 1. The van der Waals surface area contributed by atoms with E-state index >= 15 is 0 Å². The highest BCUT2D eigenvalue weighted by molar-refractivity contribution is 7.80. The quantitative estimate of drug-likeness (QED) is 0.336. The smallest absolute Gasteiger partial charge is 0.144 e. The van der Waals surface area contributed by atoms with Crippen molar-refractivity contribution in [3.63, 3.8) is 0 Å². The molecule has 0 aliphatic carbocycles. The highest BCUT2D eigenvalue weighted by atomic mass is 32.1. The molecule has 0 bridgehead atoms. The van der Waals surface area contributed by atoms with Crippen LogP contribution in [0, 0.1) is 0 Å². The lowest BCUT2D eigenvalue weighted by Gasteiger charge is -2.22. The maximum Gasteiger partial charge on any atom is 0.144 e. The van der Waals surface area contributed by atoms with Crippen molar-refractivity contribution in [3.8, 4) is 0 Å². The van der Waals surface area contributed by atoms with E-state index in [1.165, 1.54) is 5.56 Å². The van der Waals surface area contributed by atoms with Crippen LogP contribution in [0.15, 0.2) is 66.9 Å². The molecule has 4 rings (SSSR count). The van der Waals surface area contributed by atoms with E-state index in [4.69, 9.17) is 12.2 Å². The molecule has 0 saturated carbocycles. The number of hydrogen-bond donors (Lipinski definition) is 1. The van der Waals surface area contributed by atoms with Crippen LogP contribution in [0.3, 0.4) is 0 Å². The summed E-state index contributed by atoms with van der Waals surface area (Å²) in [6.07, 6.45) is 4.52. The summed E-state index contributed by atoms with van der Waals surface area (Å²) in [7, 11) is 0. The second-order valence-corrected chi connectivity index (χ2v) is 9.67. The third-order valence-corrected chi connectivity index (χ3v) is 6.07. The number of unbranched alkanes of at least 4 members (excludes halogenated alkanes) is 1. The summed E-state index contributed by atoms with van der Waals surface area (Å²) in [5, 5.41) is 12.4. The van der Waals surface area contributed by atoms with Gasteiger partial charge in [0, 0.05) is 24.1 Å². The molecular weight excluding hydrogens is 414 g/mol. The first-order valence-corrected chi connectivity index (χ1v) is 11.7. The van der Waals surface area contributed by atoms with E-state index in [0.717, 1.165) is 41.8 Å². The molecule has 32 heavy (non-hydrogen) atoms. The topological polar surface area (TPSA) is 47.7 Å². The van der Waals surface area contributed by atoms with Crippen LogP contribution in [0.25, 0.3) is 11.0 Å². The Bertz CT molecular complexity index is 1200. The van der Waals surface area contributed by atoms with Crippen LogP contribution >= 0.6 is 12.2 Å². The van der Waals surface area contributed by atoms with E-state index in [0.29, 0.717) is 4.99 Å². The van der Waals surface area contributed by atoms with Crippen LogP contribution in [0.5, 0.6) is 0 Å². The fraction of sp³-hybridized carbons (Fsp3) is 0.346. The molecule has 0 amide bonds. The Labute approximate surface area is 195 Å². The molecule has 0 saturated heterocycles. The van der Waals surface area contributed by atoms with Gasteiger partial charge in [-0.25, -0.2) is 4.68 Å². The lowest BCUT2D eigenvalue weighted by atomic mass is 9.89. The molecule has 0 aliphatic rings. The average molecular weight is 446 g/mol. The lowest BCUT2D eigenvalue weighted by Crippen LogP contribution is -2.28. The minimum absolute atomic E-state index is 0.0374. The number of thiocarbonyl (C=S) groups is 1. The number of para-hydroxylation sites is 2. The lowest BCUT2D eigenvalue weighted by molar-refractivity contribution is 0.552. The van der Waals surface area contributed by atoms with E-state index in [-0.39, 0.29) is 11.5 Å². The molecule has 0 fully saturated rings. The Morgan fingerprint density at radius 3 is 2.50 bits per heavy atom. The van der Waals surface area contributed by atoms with Crippen LogP contribution in [-0.2, 0) is 12.0 Å². The molecule has 0 aliphatic heterocycles. The molecule has 2 aromatic carbocycles. The van der Waals surface area contributed by atoms with Gasteiger partial charge >= 0.3 is 0 Å². The average Bonchev–Trinajstić information content (AvgIpc) is 3.38. The van der Waals surface area contributed by atoms with E-state index in [2.05, 4.69) is 66.2 Å². The van der Waals surface area contributed by atoms with E-state index in [9.17, 15) is 0 Å². The molecule has 166 valence electrons. The number of benzene rings is 2. The van der Waals surface area contributed by atoms with Crippen molar-refractivity contribution < 1.29 is 0 Å². The van der Waals surface area contributed by atoms with Crippen LogP contribution in [0.4, 0.5) is 5.69 Å². The minimum Gasteiger partial charge on any atom is -0.349 e. The molecule has 5 nitrogen and oxygen atoms in total. The number of aryl methyl sites for hydroxylation is 1. The number of rotatable bonds is 7. The zero-order chi connectivity index (χ0) is 22.7. The highest BCUT2D eigenvalue weighted by Gasteiger charge is 2.28. The van der Waals surface area contributed by atoms with Gasteiger partial charge in [-0.3, -0.25) is 0 Å². The zero-order valence-electron chi connectivity index (χ0n) is 19.2. The Morgan fingerprint density at radius 1 is 1.06 bits per heavy atom. The number of nitrogens with zero attached hydrogens (tertiary/aromatic N) is 4. The maximum atomic E-state index is 6.01. The van der Waals surface area contributed by atoms with Gasteiger partial charge in [-0.15, -0.1) is 5.10 Å². The summed E-state index contributed by atoms with van der Waals surface area (Å²) in [4.78, 5) is 0.697. The van der Waals surface area contributed by atoms with Gasteiger partial charge in [0.2, 0.25) is 0 Å². The standard InChI is InChI=1S/C26H31N5S/c1-5-6-16-30-18-19(26(2,3)4)17-23(30)24(25(32)27-20-12-8-7-9-13-20)31-22-15-11-10-14-21(22)28-29-31/h7-15,17-18,24H,5-6,16H2,1-4H3,(H,27,32). The van der Waals surface area contributed by atoms with Gasteiger partial charge in [0.15, 0.2) is 0 Å². The third kappa shape index (κ3) is 4.60. The molecule has 0 spiro atoms. The summed E-state index contributed by atoms with van der Waals surface area (Å²) in [5.41, 5.74) is 5.26. The van der Waals surface area contributed by atoms with Crippen molar-refractivity contribution >= 4 is 33.9 Å². The molecular formula is C26H31N5S. The van der Waals surface area contributed by atoms with E-state index in [1.807, 2.05) is 53.2 Å². The van der Waals surface area contributed by atoms with Gasteiger partial charge in [-0.1, -0.05) is 81.9 Å². The molecule has 4 aromatic rings. The van der Waals surface area contributed by atoms with Gasteiger partial charge < -0.3 is 9.88 Å². The summed E-state index contributed by atoms with van der Waals surface area (Å²) < 4.78 is 4.31. The van der Waals surface area contributed by atoms with Crippen molar-refractivity contribution in [3.05, 3.63) is 78.1 Å². The molecule has 2 aromatic heterocycles. The normalized spacial score (nSPS) is 12.8. The largest absolute Gasteiger partial charge is 0.349 e. The second kappa shape index (κ2) is 9.25. The van der Waals surface area contributed by atoms with Gasteiger partial charge in [0.1, 0.15) is 16.5 Å². The summed E-state index contributed by atoms with van der Waals surface area (Å²) in [6, 6.07) is 20.1. The molecule has 1 N–H and O–H groups in total. The van der Waals surface area contributed by atoms with Gasteiger partial charge in [0.05, 0.1) is 5.52 Å². The molecule has 6 heteroatoms. The van der Waals surface area contributed by atoms with E-state index < -0.39 is 0 Å². The Kier molecular flexibility index (Phi) is 6.42. The highest BCUT2D eigenvalue weighted by Crippen LogP contribution is 2.31. The molecule has 1 atom stereocenters. The monoisotopic (exact) mass is 445 g/mol. The summed E-state index contributed by atoms with van der Waals surface area (Å²) >= 11 is 6.01. The van der Waals surface area contributed by atoms with Crippen LogP contribution in [0.1, 0.15) is 57.8 Å². The summed E-state index contributed by atoms with van der Waals surface area (Å²) in [6.45, 7) is 9.90. The van der Waals surface area contributed by atoms with Gasteiger partial charge in [0.25, 0.3) is 0 Å². The molecule has 0 radical (unpaired) electrons. The number of anilines is 1. The zero-order valence-corrected chi connectivity index (χ0v) is 20.1. The van der Waals surface area contributed by atoms with Crippen LogP contribution < -0.4 is 5.32 Å². The SMILES string of the molecule is CCCCn1cc(C(C)(C)C)cc1C(C(=S)Nc1ccccc1)n1nnc2ccccc21. The van der Waals surface area contributed by atoms with Crippen molar-refractivity contribution in [2.24, 2.45) is 0 Å². The van der Waals surface area contributed by atoms with Crippen molar-refractivity contribution in [1.82, 2.24) is 19.6 Å². The molecule has 2 heterocycles. The fourth-order valence-electron chi connectivity index (χ4n) is 3.87. The number of hydrogen-bond acceptors (Lipinski definition) is 3. The third-order valence-electron chi connectivity index (χ3n) is 5.74. The minimum atomic E-state index is -0.273. The van der Waals surface area contributed by atoms with Crippen molar-refractivity contribution in [1.29, 1.82) is 0 Å². The van der Waals surface area contributed by atoms with Crippen LogP contribution in [0.2, 0.25) is 0 Å². The predicted molar refractivity (Wildman–Crippen MR) is 136 cm³/mol. The Hall–Kier alpha value is -2.99. The fourth-order valence-corrected chi connectivity index (χ4v) is 4.21. The van der Waals surface area contributed by atoms with Gasteiger partial charge in [-0.2, -0.15) is 0 Å². The maximum absolute atomic E-state index is 6.01. The Balaban J connectivity index is 1.86. The van der Waals surface area contributed by atoms with E-state index in [1.54, 1.807) is 0 Å². The van der Waals surface area contributed by atoms with Gasteiger partial charge in [-0.05, 0) is 47.7 Å². The van der Waals surface area contributed by atoms with Crippen LogP contribution in [-0.4, -0.2) is 24.5 Å². The second-order valence-electron chi connectivity index (χ2n) is 9.23. The summed E-state index contributed by atoms with van der Waals surface area (Å²) in [5.74, 6) is 0. The Morgan fingerprint density at radius 2 is 1.78 bits per heavy atom. The first-order valence-electron chi connectivity index (χ1n) is 11.2. The first-order chi connectivity index (χ1) is 15.4. The number of nitrogens with one attached hydrogen (secondary N) is 1. The molecule has 1 unspecified atom stereocenters. The first kappa shape index (κ1) is 22.2. The number of aromatic nitrogens is 4. The predicted octanol–water partition coefficient (Wildman–Crippen LogP) is 6.36.